The van der Waals surface area contributed by atoms with Gasteiger partial charge in [-0.15, -0.1) is 0 Å². The zero-order valence-corrected chi connectivity index (χ0v) is 18.5. The third-order valence-corrected chi connectivity index (χ3v) is 5.40. The van der Waals surface area contributed by atoms with Crippen molar-refractivity contribution >= 4 is 40.5 Å². The Bertz CT molecular complexity index is 1030. The molecule has 8 heteroatoms. The fraction of sp³-hybridized carbons (Fsp3) is 0.182. The number of nitrogens with one attached hydrogen (secondary N) is 1. The number of halogens is 4. The Morgan fingerprint density at radius 3 is 2.27 bits per heavy atom. The maximum Gasteiger partial charge on any atom is 0.163 e. The van der Waals surface area contributed by atoms with Crippen molar-refractivity contribution < 1.29 is 18.6 Å². The highest BCUT2D eigenvalue weighted by Gasteiger charge is 2.14. The lowest BCUT2D eigenvalue weighted by atomic mass is 10.2. The summed E-state index contributed by atoms with van der Waals surface area (Å²) in [5.41, 5.74) is 1.86. The van der Waals surface area contributed by atoms with E-state index >= 15 is 0 Å². The largest absolute Gasteiger partial charge is 0.495 e. The molecule has 0 saturated heterocycles. The van der Waals surface area contributed by atoms with Gasteiger partial charge in [0.15, 0.2) is 11.5 Å². The van der Waals surface area contributed by atoms with Crippen LogP contribution in [0.5, 0.6) is 17.2 Å². The van der Waals surface area contributed by atoms with Gasteiger partial charge >= 0.3 is 0 Å². The topological polar surface area (TPSA) is 39.7 Å². The van der Waals surface area contributed by atoms with E-state index in [9.17, 15) is 4.39 Å². The average Bonchev–Trinajstić information content (AvgIpc) is 2.72. The fourth-order valence-electron chi connectivity index (χ4n) is 2.78. The molecule has 158 valence electrons. The smallest absolute Gasteiger partial charge is 0.163 e. The summed E-state index contributed by atoms with van der Waals surface area (Å²) in [4.78, 5) is 0. The number of anilines is 1. The van der Waals surface area contributed by atoms with E-state index in [4.69, 9.17) is 49.0 Å². The van der Waals surface area contributed by atoms with Crippen molar-refractivity contribution in [1.29, 1.82) is 0 Å². The normalized spacial score (nSPS) is 10.6. The van der Waals surface area contributed by atoms with Gasteiger partial charge in [0.05, 0.1) is 24.3 Å². The van der Waals surface area contributed by atoms with Crippen LogP contribution in [0.25, 0.3) is 0 Å². The van der Waals surface area contributed by atoms with Crippen LogP contribution < -0.4 is 19.5 Å². The molecule has 0 aliphatic carbocycles. The molecule has 3 rings (SSSR count). The first-order valence-corrected chi connectivity index (χ1v) is 10.1. The van der Waals surface area contributed by atoms with Gasteiger partial charge in [0.2, 0.25) is 0 Å². The molecule has 0 unspecified atom stereocenters. The second kappa shape index (κ2) is 10.1. The van der Waals surface area contributed by atoms with Gasteiger partial charge in [-0.1, -0.05) is 40.9 Å². The van der Waals surface area contributed by atoms with Crippen molar-refractivity contribution in [2.75, 3.05) is 19.5 Å². The first kappa shape index (κ1) is 22.3. The average molecular weight is 471 g/mol. The molecule has 3 aromatic rings. The summed E-state index contributed by atoms with van der Waals surface area (Å²) in [5, 5.41) is 4.51. The molecule has 0 heterocycles. The number of rotatable bonds is 8. The van der Waals surface area contributed by atoms with Crippen molar-refractivity contribution in [2.24, 2.45) is 0 Å². The van der Waals surface area contributed by atoms with Gasteiger partial charge in [-0.3, -0.25) is 0 Å². The molecule has 0 radical (unpaired) electrons. The SMILES string of the molecule is COc1ccc(NCc2cc(OC)c(OCc3c(F)cccc3Cl)cc2Cl)cc1Cl. The van der Waals surface area contributed by atoms with Crippen LogP contribution in [0.3, 0.4) is 0 Å². The summed E-state index contributed by atoms with van der Waals surface area (Å²) < 4.78 is 30.3. The summed E-state index contributed by atoms with van der Waals surface area (Å²) in [5.74, 6) is 1.01. The number of methoxy groups -OCH3 is 2. The van der Waals surface area contributed by atoms with E-state index in [1.54, 1.807) is 37.4 Å². The Morgan fingerprint density at radius 2 is 1.60 bits per heavy atom. The predicted molar refractivity (Wildman–Crippen MR) is 119 cm³/mol. The van der Waals surface area contributed by atoms with Crippen LogP contribution >= 0.6 is 34.8 Å². The second-order valence-corrected chi connectivity index (χ2v) is 7.51. The zero-order chi connectivity index (χ0) is 21.7. The van der Waals surface area contributed by atoms with E-state index in [1.807, 2.05) is 6.07 Å². The molecule has 0 saturated carbocycles. The molecular weight excluding hydrogens is 452 g/mol. The molecule has 3 aromatic carbocycles. The molecule has 4 nitrogen and oxygen atoms in total. The predicted octanol–water partition coefficient (Wildman–Crippen LogP) is 6.99. The van der Waals surface area contributed by atoms with Crippen LogP contribution in [0.1, 0.15) is 11.1 Å². The van der Waals surface area contributed by atoms with Crippen LogP contribution in [0.4, 0.5) is 10.1 Å². The maximum atomic E-state index is 14.0. The highest BCUT2D eigenvalue weighted by molar-refractivity contribution is 6.32. The summed E-state index contributed by atoms with van der Waals surface area (Å²) in [6, 6.07) is 13.3. The van der Waals surface area contributed by atoms with Gasteiger partial charge in [0.1, 0.15) is 18.2 Å². The minimum Gasteiger partial charge on any atom is -0.495 e. The van der Waals surface area contributed by atoms with Gasteiger partial charge in [-0.25, -0.2) is 4.39 Å². The van der Waals surface area contributed by atoms with Crippen molar-refractivity contribution in [2.45, 2.75) is 13.2 Å². The lowest BCUT2D eigenvalue weighted by Gasteiger charge is -2.15. The third kappa shape index (κ3) is 5.22. The number of ether oxygens (including phenoxy) is 3. The maximum absolute atomic E-state index is 14.0. The molecule has 0 bridgehead atoms. The van der Waals surface area contributed by atoms with Crippen molar-refractivity contribution in [1.82, 2.24) is 0 Å². The number of hydrogen-bond acceptors (Lipinski definition) is 4. The standard InChI is InChI=1S/C22H19Cl3FNO3/c1-28-20-7-6-14(9-18(20)25)27-11-13-8-21(29-2)22(10-17(13)24)30-12-15-16(23)4-3-5-19(15)26/h3-10,27H,11-12H2,1-2H3. The van der Waals surface area contributed by atoms with Gasteiger partial charge in [-0.05, 0) is 42.0 Å². The van der Waals surface area contributed by atoms with E-state index in [0.717, 1.165) is 11.3 Å². The van der Waals surface area contributed by atoms with E-state index in [2.05, 4.69) is 5.32 Å². The third-order valence-electron chi connectivity index (χ3n) is 4.40. The Morgan fingerprint density at radius 1 is 0.833 bits per heavy atom. The van der Waals surface area contributed by atoms with E-state index in [1.165, 1.54) is 19.2 Å². The van der Waals surface area contributed by atoms with Crippen LogP contribution in [0.15, 0.2) is 48.5 Å². The lowest BCUT2D eigenvalue weighted by molar-refractivity contribution is 0.279. The van der Waals surface area contributed by atoms with Gasteiger partial charge in [0, 0.05) is 28.9 Å². The Kier molecular flexibility index (Phi) is 7.53. The van der Waals surface area contributed by atoms with Gasteiger partial charge in [0.25, 0.3) is 0 Å². The molecular formula is C22H19Cl3FNO3. The van der Waals surface area contributed by atoms with Crippen LogP contribution in [0, 0.1) is 5.82 Å². The Balaban J connectivity index is 1.74. The van der Waals surface area contributed by atoms with Crippen LogP contribution in [0.2, 0.25) is 15.1 Å². The molecule has 1 N–H and O–H groups in total. The molecule has 30 heavy (non-hydrogen) atoms. The molecule has 0 amide bonds. The Labute approximate surface area is 189 Å². The highest BCUT2D eigenvalue weighted by atomic mass is 35.5. The summed E-state index contributed by atoms with van der Waals surface area (Å²) in [6.07, 6.45) is 0. The van der Waals surface area contributed by atoms with Gasteiger partial charge < -0.3 is 19.5 Å². The fourth-order valence-corrected chi connectivity index (χ4v) is 3.47. The molecule has 0 fully saturated rings. The van der Waals surface area contributed by atoms with Crippen molar-refractivity contribution in [3.63, 3.8) is 0 Å². The first-order valence-electron chi connectivity index (χ1n) is 8.92. The Hall–Kier alpha value is -2.34. The molecule has 0 aliphatic heterocycles. The quantitative estimate of drug-likeness (QED) is 0.385. The number of benzene rings is 3. The van der Waals surface area contributed by atoms with E-state index in [-0.39, 0.29) is 12.2 Å². The van der Waals surface area contributed by atoms with Crippen molar-refractivity contribution in [3.05, 3.63) is 80.5 Å². The summed E-state index contributed by atoms with van der Waals surface area (Å²) in [6.45, 7) is 0.372. The minimum atomic E-state index is -0.438. The monoisotopic (exact) mass is 469 g/mol. The second-order valence-electron chi connectivity index (χ2n) is 6.29. The van der Waals surface area contributed by atoms with E-state index in [0.29, 0.717) is 38.9 Å². The molecule has 0 aliphatic rings. The zero-order valence-electron chi connectivity index (χ0n) is 16.3. The van der Waals surface area contributed by atoms with Crippen LogP contribution in [-0.4, -0.2) is 14.2 Å². The van der Waals surface area contributed by atoms with Gasteiger partial charge in [-0.2, -0.15) is 0 Å². The van der Waals surface area contributed by atoms with E-state index < -0.39 is 5.82 Å². The van der Waals surface area contributed by atoms with Crippen molar-refractivity contribution in [3.8, 4) is 17.2 Å². The lowest BCUT2D eigenvalue weighted by Crippen LogP contribution is -2.04. The molecule has 0 aromatic heterocycles. The number of hydrogen-bond donors (Lipinski definition) is 1. The molecule has 0 spiro atoms. The first-order chi connectivity index (χ1) is 14.4. The highest BCUT2D eigenvalue weighted by Crippen LogP contribution is 2.35. The summed E-state index contributed by atoms with van der Waals surface area (Å²) >= 11 is 18.6. The minimum absolute atomic E-state index is 0.0554. The van der Waals surface area contributed by atoms with Crippen LogP contribution in [-0.2, 0) is 13.2 Å². The molecule has 0 atom stereocenters. The summed E-state index contributed by atoms with van der Waals surface area (Å²) in [7, 11) is 3.08.